The number of thiophene rings is 1. The second kappa shape index (κ2) is 13.6. The Kier molecular flexibility index (Phi) is 8.42. The van der Waals surface area contributed by atoms with Crippen molar-refractivity contribution in [3.8, 4) is 22.3 Å². The Hall–Kier alpha value is -6.04. The molecule has 4 heterocycles. The molecule has 9 aromatic rings. The van der Waals surface area contributed by atoms with Gasteiger partial charge in [-0.2, -0.15) is 0 Å². The molecule has 0 saturated carbocycles. The van der Waals surface area contributed by atoms with Gasteiger partial charge < -0.3 is 14.1 Å². The molecule has 338 valence electrons. The molecule has 2 aliphatic heterocycles. The molecule has 7 aromatic carbocycles. The zero-order chi connectivity index (χ0) is 47.2. The standard InChI is InChI=1S/C63H61BN2OS/c1-59(2,3)36-21-24-38(25-22-36)66-51-35-49-42(40-17-13-15-19-47(40)63(49,11)12)33-43(51)44-34-45-41-18-14-16-20-52(41)67-57(45)56-54(44)64(66)58-55(46-31-37(60(4,5)6)23-28-53(46)68-58)65(56)39-26-27-48-50(32-39)62(9,10)30-29-61(48,7)8/h13-28,31-35H,29-30H2,1-12H3. The van der Waals surface area contributed by atoms with Crippen LogP contribution in [-0.4, -0.2) is 6.85 Å². The van der Waals surface area contributed by atoms with Crippen molar-refractivity contribution in [2.75, 3.05) is 9.71 Å². The van der Waals surface area contributed by atoms with Crippen LogP contribution < -0.4 is 20.0 Å². The molecule has 5 heteroatoms. The monoisotopic (exact) mass is 904 g/mol. The van der Waals surface area contributed by atoms with E-state index in [0.29, 0.717) is 0 Å². The minimum Gasteiger partial charge on any atom is -0.454 e. The van der Waals surface area contributed by atoms with Crippen LogP contribution in [0.25, 0.3) is 54.3 Å². The smallest absolute Gasteiger partial charge is 0.343 e. The number of fused-ring (bicyclic) bond motifs is 14. The molecule has 0 amide bonds. The van der Waals surface area contributed by atoms with Gasteiger partial charge in [0.1, 0.15) is 5.58 Å². The van der Waals surface area contributed by atoms with Crippen molar-refractivity contribution in [2.24, 2.45) is 0 Å². The first-order valence-electron chi connectivity index (χ1n) is 24.9. The third-order valence-electron chi connectivity index (χ3n) is 16.8. The SMILES string of the molecule is CC(C)(C)c1ccc(N2B3c4sc5ccc(C(C)(C)C)cc5c4N(c4ccc5c(c4)C(C)(C)CCC5(C)C)c4c3c(cc3c4oc4ccccc43)-c3cc4c(cc32)C(C)(C)c2ccccc2-4)cc1. The lowest BCUT2D eigenvalue weighted by Crippen LogP contribution is -2.60. The maximum absolute atomic E-state index is 7.32. The minimum absolute atomic E-state index is 0.0228. The summed E-state index contributed by atoms with van der Waals surface area (Å²) in [7, 11) is 0. The van der Waals surface area contributed by atoms with Crippen LogP contribution in [-0.2, 0) is 27.1 Å². The van der Waals surface area contributed by atoms with Gasteiger partial charge in [-0.1, -0.05) is 150 Å². The molecule has 0 bridgehead atoms. The van der Waals surface area contributed by atoms with Gasteiger partial charge in [0.2, 0.25) is 0 Å². The van der Waals surface area contributed by atoms with Gasteiger partial charge in [0.25, 0.3) is 0 Å². The average molecular weight is 905 g/mol. The van der Waals surface area contributed by atoms with E-state index in [9.17, 15) is 0 Å². The topological polar surface area (TPSA) is 19.6 Å². The van der Waals surface area contributed by atoms with Crippen LogP contribution in [0.1, 0.15) is 129 Å². The molecule has 0 atom stereocenters. The Morgan fingerprint density at radius 2 is 1.21 bits per heavy atom. The number of nitrogens with zero attached hydrogens (tertiary/aromatic N) is 2. The number of hydrogen-bond donors (Lipinski definition) is 0. The number of para-hydroxylation sites is 1. The van der Waals surface area contributed by atoms with Crippen LogP contribution in [0, 0.1) is 0 Å². The first kappa shape index (κ1) is 42.1. The fourth-order valence-electron chi connectivity index (χ4n) is 12.7. The molecule has 13 rings (SSSR count). The lowest BCUT2D eigenvalue weighted by atomic mass is 9.46. The summed E-state index contributed by atoms with van der Waals surface area (Å²) < 4.78 is 9.99. The van der Waals surface area contributed by atoms with Crippen molar-refractivity contribution >= 4 is 88.9 Å². The Balaban J connectivity index is 1.21. The van der Waals surface area contributed by atoms with Crippen molar-refractivity contribution in [3.63, 3.8) is 0 Å². The molecule has 2 aliphatic carbocycles. The summed E-state index contributed by atoms with van der Waals surface area (Å²) in [6.07, 6.45) is 2.33. The summed E-state index contributed by atoms with van der Waals surface area (Å²) in [6, 6.07) is 49.7. The minimum atomic E-state index is -0.164. The summed E-state index contributed by atoms with van der Waals surface area (Å²) >= 11 is 1.98. The van der Waals surface area contributed by atoms with Crippen molar-refractivity contribution in [1.29, 1.82) is 0 Å². The Labute approximate surface area is 406 Å². The normalized spacial score (nSPS) is 17.3. The predicted molar refractivity (Wildman–Crippen MR) is 293 cm³/mol. The van der Waals surface area contributed by atoms with Gasteiger partial charge in [-0.3, -0.25) is 0 Å². The van der Waals surface area contributed by atoms with E-state index in [2.05, 4.69) is 220 Å². The highest BCUT2D eigenvalue weighted by atomic mass is 32.1. The molecular weight excluding hydrogens is 844 g/mol. The molecule has 3 nitrogen and oxygen atoms in total. The molecule has 4 aliphatic rings. The molecule has 0 radical (unpaired) electrons. The molecule has 0 unspecified atom stereocenters. The van der Waals surface area contributed by atoms with Gasteiger partial charge in [0, 0.05) is 53.7 Å². The average Bonchev–Trinajstić information content (AvgIpc) is 3.94. The molecule has 2 aromatic heterocycles. The van der Waals surface area contributed by atoms with Crippen LogP contribution in [0.15, 0.2) is 132 Å². The van der Waals surface area contributed by atoms with Crippen LogP contribution in [0.2, 0.25) is 0 Å². The zero-order valence-electron chi connectivity index (χ0n) is 41.8. The van der Waals surface area contributed by atoms with Crippen molar-refractivity contribution in [1.82, 2.24) is 0 Å². The summed E-state index contributed by atoms with van der Waals surface area (Å²) in [5, 5.41) is 3.61. The van der Waals surface area contributed by atoms with E-state index >= 15 is 0 Å². The number of furan rings is 1. The molecule has 0 spiro atoms. The highest BCUT2D eigenvalue weighted by Crippen LogP contribution is 2.58. The summed E-state index contributed by atoms with van der Waals surface area (Å²) in [5.74, 6) is 0. The lowest BCUT2D eigenvalue weighted by Gasteiger charge is -2.46. The van der Waals surface area contributed by atoms with Gasteiger partial charge in [0.05, 0.1) is 11.4 Å². The number of benzene rings is 7. The first-order chi connectivity index (χ1) is 32.2. The third-order valence-corrected chi connectivity index (χ3v) is 18.0. The van der Waals surface area contributed by atoms with Gasteiger partial charge in [-0.05, 0) is 151 Å². The molecule has 0 fully saturated rings. The number of hydrogen-bond acceptors (Lipinski definition) is 4. The molecule has 0 N–H and O–H groups in total. The second-order valence-electron chi connectivity index (χ2n) is 24.4. The Morgan fingerprint density at radius 1 is 0.529 bits per heavy atom. The summed E-state index contributed by atoms with van der Waals surface area (Å²) in [5.41, 5.74) is 22.8. The van der Waals surface area contributed by atoms with E-state index in [1.165, 1.54) is 105 Å². The van der Waals surface area contributed by atoms with Gasteiger partial charge in [-0.15, -0.1) is 11.3 Å². The van der Waals surface area contributed by atoms with E-state index in [4.69, 9.17) is 4.42 Å². The van der Waals surface area contributed by atoms with Crippen molar-refractivity contribution in [3.05, 3.63) is 161 Å². The maximum atomic E-state index is 7.32. The molecule has 0 saturated heterocycles. The summed E-state index contributed by atoms with van der Waals surface area (Å²) in [6.45, 7) is 28.5. The maximum Gasteiger partial charge on any atom is 0.343 e. The fraction of sp³-hybridized carbons (Fsp3) is 0.302. The van der Waals surface area contributed by atoms with E-state index < -0.39 is 0 Å². The highest BCUT2D eigenvalue weighted by molar-refractivity contribution is 7.32. The van der Waals surface area contributed by atoms with Crippen molar-refractivity contribution < 1.29 is 4.42 Å². The van der Waals surface area contributed by atoms with Gasteiger partial charge in [-0.25, -0.2) is 0 Å². The highest BCUT2D eigenvalue weighted by Gasteiger charge is 2.50. The van der Waals surface area contributed by atoms with Crippen LogP contribution in [0.4, 0.5) is 28.4 Å². The quantitative estimate of drug-likeness (QED) is 0.161. The van der Waals surface area contributed by atoms with Crippen LogP contribution >= 0.6 is 11.3 Å². The van der Waals surface area contributed by atoms with Crippen LogP contribution in [0.5, 0.6) is 0 Å². The fourth-order valence-corrected chi connectivity index (χ4v) is 14.0. The Bertz CT molecular complexity index is 3640. The molecule has 68 heavy (non-hydrogen) atoms. The third kappa shape index (κ3) is 5.72. The first-order valence-corrected chi connectivity index (χ1v) is 25.7. The lowest BCUT2D eigenvalue weighted by molar-refractivity contribution is 0.332. The Morgan fingerprint density at radius 3 is 1.96 bits per heavy atom. The van der Waals surface area contributed by atoms with Crippen molar-refractivity contribution in [2.45, 2.75) is 123 Å². The van der Waals surface area contributed by atoms with E-state index in [-0.39, 0.29) is 33.9 Å². The largest absolute Gasteiger partial charge is 0.454 e. The predicted octanol–water partition coefficient (Wildman–Crippen LogP) is 16.8. The van der Waals surface area contributed by atoms with Gasteiger partial charge >= 0.3 is 6.85 Å². The zero-order valence-corrected chi connectivity index (χ0v) is 42.6. The van der Waals surface area contributed by atoms with E-state index in [1.54, 1.807) is 0 Å². The second-order valence-corrected chi connectivity index (χ2v) is 25.5. The summed E-state index contributed by atoms with van der Waals surface area (Å²) in [4.78, 5) is 5.38. The van der Waals surface area contributed by atoms with E-state index in [1.807, 2.05) is 11.3 Å². The number of anilines is 5. The van der Waals surface area contributed by atoms with Crippen LogP contribution in [0.3, 0.4) is 0 Å². The molecular formula is C63H61BN2OS. The van der Waals surface area contributed by atoms with Gasteiger partial charge in [0.15, 0.2) is 5.58 Å². The van der Waals surface area contributed by atoms with E-state index in [0.717, 1.165) is 34.0 Å². The number of rotatable bonds is 2.